The van der Waals surface area contributed by atoms with Crippen molar-refractivity contribution in [1.82, 2.24) is 9.38 Å². The van der Waals surface area contributed by atoms with Gasteiger partial charge in [-0.15, -0.1) is 0 Å². The lowest BCUT2D eigenvalue weighted by atomic mass is 10.1. The van der Waals surface area contributed by atoms with Crippen LogP contribution in [0.5, 0.6) is 5.75 Å². The van der Waals surface area contributed by atoms with Gasteiger partial charge in [-0.05, 0) is 75.9 Å². The molecule has 0 spiro atoms. The van der Waals surface area contributed by atoms with Gasteiger partial charge in [-0.2, -0.15) is 0 Å². The number of imidazole rings is 1. The Morgan fingerprint density at radius 2 is 1.95 bits per heavy atom. The Morgan fingerprint density at radius 1 is 1.27 bits per heavy atom. The van der Waals surface area contributed by atoms with Gasteiger partial charge in [-0.1, -0.05) is 13.0 Å². The summed E-state index contributed by atoms with van der Waals surface area (Å²) in [6.07, 6.45) is 2.54. The number of aromatic hydroxyl groups is 1. The highest BCUT2D eigenvalue weighted by Crippen LogP contribution is 2.29. The lowest BCUT2D eigenvalue weighted by Crippen LogP contribution is -2.08. The third kappa shape index (κ3) is 2.62. The van der Waals surface area contributed by atoms with E-state index in [1.807, 2.05) is 80.9 Å². The monoisotopic (exact) mass is 518 g/mol. The Bertz CT molecular complexity index is 864. The molecule has 0 aliphatic heterocycles. The Morgan fingerprint density at radius 3 is 2.59 bits per heavy atom. The number of phenolic OH excluding ortho intramolecular Hbond substituents is 1. The van der Waals surface area contributed by atoms with E-state index in [0.717, 1.165) is 11.3 Å². The number of halogens is 2. The summed E-state index contributed by atoms with van der Waals surface area (Å²) >= 11 is 4.07. The Balaban J connectivity index is 2.21. The van der Waals surface area contributed by atoms with Gasteiger partial charge in [0.1, 0.15) is 17.1 Å². The molecule has 0 radical (unpaired) electrons. The zero-order valence-electron chi connectivity index (χ0n) is 11.7. The molecule has 3 rings (SSSR count). The molecule has 22 heavy (non-hydrogen) atoms. The molecule has 0 saturated heterocycles. The number of pyridine rings is 1. The minimum atomic E-state index is -0.0774. The SMILES string of the molecule is CCc1nc2ccccn2c1C(=O)c1cc(I)c(O)c(I)c1. The molecule has 112 valence electrons. The maximum Gasteiger partial charge on any atom is 0.211 e. The van der Waals surface area contributed by atoms with E-state index in [0.29, 0.717) is 24.8 Å². The van der Waals surface area contributed by atoms with Crippen molar-refractivity contribution in [2.24, 2.45) is 0 Å². The Kier molecular flexibility index (Phi) is 4.40. The van der Waals surface area contributed by atoms with Crippen LogP contribution in [-0.2, 0) is 6.42 Å². The quantitative estimate of drug-likeness (QED) is 0.421. The molecule has 0 unspecified atom stereocenters. The molecular weight excluding hydrogens is 506 g/mol. The van der Waals surface area contributed by atoms with E-state index in [-0.39, 0.29) is 11.5 Å². The molecule has 1 N–H and O–H groups in total. The first-order valence-electron chi connectivity index (χ1n) is 6.71. The van der Waals surface area contributed by atoms with Crippen LogP contribution in [0, 0.1) is 7.14 Å². The second-order valence-corrected chi connectivity index (χ2v) is 7.13. The van der Waals surface area contributed by atoms with Crippen LogP contribution >= 0.6 is 45.2 Å². The summed E-state index contributed by atoms with van der Waals surface area (Å²) in [5.41, 5.74) is 2.71. The fourth-order valence-corrected chi connectivity index (χ4v) is 4.13. The van der Waals surface area contributed by atoms with Crippen LogP contribution < -0.4 is 0 Å². The number of fused-ring (bicyclic) bond motifs is 1. The lowest BCUT2D eigenvalue weighted by Gasteiger charge is -2.07. The van der Waals surface area contributed by atoms with Crippen molar-refractivity contribution in [3.8, 4) is 5.75 Å². The van der Waals surface area contributed by atoms with E-state index in [4.69, 9.17) is 0 Å². The van der Waals surface area contributed by atoms with E-state index in [2.05, 4.69) is 4.98 Å². The average Bonchev–Trinajstić information content (AvgIpc) is 2.89. The van der Waals surface area contributed by atoms with E-state index in [1.54, 1.807) is 12.1 Å². The van der Waals surface area contributed by atoms with Gasteiger partial charge < -0.3 is 5.11 Å². The topological polar surface area (TPSA) is 54.6 Å². The van der Waals surface area contributed by atoms with Crippen molar-refractivity contribution in [3.05, 3.63) is 60.6 Å². The van der Waals surface area contributed by atoms with Crippen LogP contribution in [0.1, 0.15) is 28.7 Å². The number of phenols is 1. The third-order valence-corrected chi connectivity index (χ3v) is 5.08. The normalized spacial score (nSPS) is 11.0. The number of benzene rings is 1. The van der Waals surface area contributed by atoms with Gasteiger partial charge in [-0.25, -0.2) is 4.98 Å². The third-order valence-electron chi connectivity index (χ3n) is 3.43. The van der Waals surface area contributed by atoms with E-state index < -0.39 is 0 Å². The molecule has 0 aliphatic carbocycles. The van der Waals surface area contributed by atoms with Gasteiger partial charge in [0.2, 0.25) is 5.78 Å². The number of aryl methyl sites for hydroxylation is 1. The highest BCUT2D eigenvalue weighted by molar-refractivity contribution is 14.1. The smallest absolute Gasteiger partial charge is 0.211 e. The summed E-state index contributed by atoms with van der Waals surface area (Å²) in [6, 6.07) is 9.10. The number of nitrogens with zero attached hydrogens (tertiary/aromatic N) is 2. The van der Waals surface area contributed by atoms with Crippen molar-refractivity contribution in [3.63, 3.8) is 0 Å². The standard InChI is InChI=1S/C16H12I2N2O2/c1-2-12-14(20-6-4-3-5-13(20)19-12)15(21)9-7-10(17)16(22)11(18)8-9/h3-8,22H,2H2,1H3. The predicted octanol–water partition coefficient (Wildman–Crippen LogP) is 4.04. The number of hydrogen-bond donors (Lipinski definition) is 1. The first-order chi connectivity index (χ1) is 10.5. The van der Waals surface area contributed by atoms with E-state index in [1.165, 1.54) is 0 Å². The van der Waals surface area contributed by atoms with Crippen LogP contribution in [0.25, 0.3) is 5.65 Å². The van der Waals surface area contributed by atoms with Crippen molar-refractivity contribution < 1.29 is 9.90 Å². The molecule has 6 heteroatoms. The molecule has 0 saturated carbocycles. The molecule has 2 heterocycles. The zero-order chi connectivity index (χ0) is 15.9. The van der Waals surface area contributed by atoms with Crippen LogP contribution in [0.2, 0.25) is 0 Å². The maximum absolute atomic E-state index is 13.0. The summed E-state index contributed by atoms with van der Waals surface area (Å²) in [5.74, 6) is 0.137. The summed E-state index contributed by atoms with van der Waals surface area (Å²) in [7, 11) is 0. The van der Waals surface area contributed by atoms with Crippen molar-refractivity contribution in [2.45, 2.75) is 13.3 Å². The van der Waals surface area contributed by atoms with E-state index in [9.17, 15) is 9.90 Å². The first kappa shape index (κ1) is 15.7. The minimum absolute atomic E-state index is 0.0774. The maximum atomic E-state index is 13.0. The second kappa shape index (κ2) is 6.15. The van der Waals surface area contributed by atoms with Crippen molar-refractivity contribution in [2.75, 3.05) is 0 Å². The molecule has 3 aromatic rings. The van der Waals surface area contributed by atoms with Gasteiger partial charge in [0.15, 0.2) is 0 Å². The largest absolute Gasteiger partial charge is 0.506 e. The molecular formula is C16H12I2N2O2. The van der Waals surface area contributed by atoms with Crippen LogP contribution in [-0.4, -0.2) is 20.3 Å². The number of carbonyl (C=O) groups is 1. The Labute approximate surface area is 154 Å². The summed E-state index contributed by atoms with van der Waals surface area (Å²) in [6.45, 7) is 1.99. The van der Waals surface area contributed by atoms with Gasteiger partial charge in [0, 0.05) is 11.8 Å². The summed E-state index contributed by atoms with van der Waals surface area (Å²) in [5, 5.41) is 9.87. The highest BCUT2D eigenvalue weighted by atomic mass is 127. The van der Waals surface area contributed by atoms with Crippen LogP contribution in [0.4, 0.5) is 0 Å². The van der Waals surface area contributed by atoms with Gasteiger partial charge >= 0.3 is 0 Å². The van der Waals surface area contributed by atoms with Gasteiger partial charge in [-0.3, -0.25) is 9.20 Å². The fourth-order valence-electron chi connectivity index (χ4n) is 2.36. The van der Waals surface area contributed by atoms with E-state index >= 15 is 0 Å². The first-order valence-corrected chi connectivity index (χ1v) is 8.87. The van der Waals surface area contributed by atoms with Gasteiger partial charge in [0.05, 0.1) is 12.8 Å². The molecule has 4 nitrogen and oxygen atoms in total. The Hall–Kier alpha value is -1.16. The van der Waals surface area contributed by atoms with Gasteiger partial charge in [0.25, 0.3) is 0 Å². The predicted molar refractivity (Wildman–Crippen MR) is 102 cm³/mol. The molecule has 0 atom stereocenters. The lowest BCUT2D eigenvalue weighted by molar-refractivity contribution is 0.103. The summed E-state index contributed by atoms with van der Waals surface area (Å²) in [4.78, 5) is 17.5. The van der Waals surface area contributed by atoms with Crippen LogP contribution in [0.3, 0.4) is 0 Å². The number of carbonyl (C=O) groups excluding carboxylic acids is 1. The number of ketones is 1. The molecule has 0 bridgehead atoms. The molecule has 0 fully saturated rings. The fraction of sp³-hybridized carbons (Fsp3) is 0.125. The van der Waals surface area contributed by atoms with Crippen LogP contribution in [0.15, 0.2) is 36.5 Å². The van der Waals surface area contributed by atoms with Crippen molar-refractivity contribution >= 4 is 56.6 Å². The summed E-state index contributed by atoms with van der Waals surface area (Å²) < 4.78 is 3.16. The highest BCUT2D eigenvalue weighted by Gasteiger charge is 2.21. The second-order valence-electron chi connectivity index (χ2n) is 4.81. The average molecular weight is 518 g/mol. The zero-order valence-corrected chi connectivity index (χ0v) is 16.0. The molecule has 2 aromatic heterocycles. The molecule has 0 amide bonds. The molecule has 0 aliphatic rings. The molecule has 1 aromatic carbocycles. The number of hydrogen-bond acceptors (Lipinski definition) is 3. The minimum Gasteiger partial charge on any atom is -0.506 e. The number of rotatable bonds is 3. The van der Waals surface area contributed by atoms with Crippen molar-refractivity contribution in [1.29, 1.82) is 0 Å². The number of aromatic nitrogens is 2.